The van der Waals surface area contributed by atoms with E-state index in [1.54, 1.807) is 13.8 Å². The van der Waals surface area contributed by atoms with Crippen molar-refractivity contribution in [3.63, 3.8) is 0 Å². The molecule has 0 atom stereocenters. The van der Waals surface area contributed by atoms with Crippen molar-refractivity contribution >= 4 is 17.8 Å². The Labute approximate surface area is 94.7 Å². The van der Waals surface area contributed by atoms with Gasteiger partial charge in [0.1, 0.15) is 5.82 Å². The first-order valence-electron chi connectivity index (χ1n) is 5.34. The Morgan fingerprint density at radius 3 is 2.62 bits per heavy atom. The zero-order valence-corrected chi connectivity index (χ0v) is 9.82. The van der Waals surface area contributed by atoms with Crippen molar-refractivity contribution in [3.8, 4) is 0 Å². The normalized spacial score (nSPS) is 10.5. The molecule has 0 unspecified atom stereocenters. The summed E-state index contributed by atoms with van der Waals surface area (Å²) in [6, 6.07) is 0. The first-order chi connectivity index (χ1) is 7.52. The molecular formula is C10H17N5O. The number of rotatable bonds is 4. The highest BCUT2D eigenvalue weighted by Gasteiger charge is 2.10. The van der Waals surface area contributed by atoms with Crippen LogP contribution in [-0.2, 0) is 11.2 Å². The van der Waals surface area contributed by atoms with Crippen LogP contribution in [-0.4, -0.2) is 20.9 Å². The van der Waals surface area contributed by atoms with E-state index in [2.05, 4.69) is 20.3 Å². The van der Waals surface area contributed by atoms with Crippen LogP contribution in [0.4, 0.5) is 11.9 Å². The van der Waals surface area contributed by atoms with Crippen LogP contribution in [0.2, 0.25) is 0 Å². The molecule has 6 heteroatoms. The standard InChI is InChI=1S/C10H17N5O/c1-4-5-7-12-9(11)15-10(13-7)14-8(16)6(2)3/h6H,4-5H2,1-3H3,(H3,11,12,13,14,15,16). The van der Waals surface area contributed by atoms with Crippen LogP contribution in [0.25, 0.3) is 0 Å². The van der Waals surface area contributed by atoms with Gasteiger partial charge in [-0.1, -0.05) is 20.8 Å². The first kappa shape index (κ1) is 12.4. The zero-order chi connectivity index (χ0) is 12.1. The van der Waals surface area contributed by atoms with Crippen LogP contribution < -0.4 is 11.1 Å². The van der Waals surface area contributed by atoms with Crippen LogP contribution in [0.3, 0.4) is 0 Å². The van der Waals surface area contributed by atoms with Gasteiger partial charge < -0.3 is 5.73 Å². The van der Waals surface area contributed by atoms with Crippen LogP contribution in [0, 0.1) is 5.92 Å². The third kappa shape index (κ3) is 3.45. The van der Waals surface area contributed by atoms with Gasteiger partial charge in [-0.2, -0.15) is 15.0 Å². The molecular weight excluding hydrogens is 206 g/mol. The third-order valence-corrected chi connectivity index (χ3v) is 1.93. The number of aromatic nitrogens is 3. The highest BCUT2D eigenvalue weighted by atomic mass is 16.1. The van der Waals surface area contributed by atoms with Crippen molar-refractivity contribution < 1.29 is 4.79 Å². The van der Waals surface area contributed by atoms with Gasteiger partial charge in [0.2, 0.25) is 17.8 Å². The van der Waals surface area contributed by atoms with Gasteiger partial charge in [0.05, 0.1) is 0 Å². The molecule has 1 heterocycles. The average molecular weight is 223 g/mol. The van der Waals surface area contributed by atoms with E-state index in [0.29, 0.717) is 5.82 Å². The van der Waals surface area contributed by atoms with E-state index in [0.717, 1.165) is 12.8 Å². The van der Waals surface area contributed by atoms with Crippen molar-refractivity contribution in [3.05, 3.63) is 5.82 Å². The summed E-state index contributed by atoms with van der Waals surface area (Å²) in [6.07, 6.45) is 1.64. The molecule has 3 N–H and O–H groups in total. The fraction of sp³-hybridized carbons (Fsp3) is 0.600. The Balaban J connectivity index is 2.83. The van der Waals surface area contributed by atoms with E-state index >= 15 is 0 Å². The third-order valence-electron chi connectivity index (χ3n) is 1.93. The molecule has 0 saturated heterocycles. The van der Waals surface area contributed by atoms with Crippen molar-refractivity contribution in [1.29, 1.82) is 0 Å². The molecule has 0 saturated carbocycles. The molecule has 0 aromatic carbocycles. The fourth-order valence-corrected chi connectivity index (χ4v) is 1.08. The van der Waals surface area contributed by atoms with E-state index in [4.69, 9.17) is 5.73 Å². The quantitative estimate of drug-likeness (QED) is 0.794. The smallest absolute Gasteiger partial charge is 0.234 e. The van der Waals surface area contributed by atoms with Gasteiger partial charge >= 0.3 is 0 Å². The topological polar surface area (TPSA) is 93.8 Å². The predicted molar refractivity (Wildman–Crippen MR) is 61.7 cm³/mol. The van der Waals surface area contributed by atoms with Crippen molar-refractivity contribution in [1.82, 2.24) is 15.0 Å². The molecule has 1 aromatic heterocycles. The lowest BCUT2D eigenvalue weighted by Gasteiger charge is -2.07. The lowest BCUT2D eigenvalue weighted by molar-refractivity contribution is -0.118. The van der Waals surface area contributed by atoms with Gasteiger partial charge in [-0.3, -0.25) is 10.1 Å². The summed E-state index contributed by atoms with van der Waals surface area (Å²) in [5, 5.41) is 2.60. The minimum atomic E-state index is -0.131. The van der Waals surface area contributed by atoms with Gasteiger partial charge in [0.15, 0.2) is 0 Å². The maximum Gasteiger partial charge on any atom is 0.234 e. The van der Waals surface area contributed by atoms with Crippen LogP contribution in [0.1, 0.15) is 33.0 Å². The van der Waals surface area contributed by atoms with Gasteiger partial charge in [-0.25, -0.2) is 0 Å². The summed E-state index contributed by atoms with van der Waals surface area (Å²) in [7, 11) is 0. The Hall–Kier alpha value is -1.72. The number of anilines is 2. The van der Waals surface area contributed by atoms with E-state index < -0.39 is 0 Å². The molecule has 0 aliphatic rings. The predicted octanol–water partition coefficient (Wildman–Crippen LogP) is 1.00. The number of aryl methyl sites for hydroxylation is 1. The molecule has 1 amide bonds. The summed E-state index contributed by atoms with van der Waals surface area (Å²) >= 11 is 0. The maximum atomic E-state index is 11.4. The van der Waals surface area contributed by atoms with Crippen LogP contribution >= 0.6 is 0 Å². The number of carbonyl (C=O) groups is 1. The van der Waals surface area contributed by atoms with Gasteiger partial charge in [0, 0.05) is 12.3 Å². The molecule has 16 heavy (non-hydrogen) atoms. The highest BCUT2D eigenvalue weighted by Crippen LogP contribution is 2.06. The summed E-state index contributed by atoms with van der Waals surface area (Å²) in [5.41, 5.74) is 5.53. The number of hydrogen-bond donors (Lipinski definition) is 2. The summed E-state index contributed by atoms with van der Waals surface area (Å²) < 4.78 is 0. The molecule has 6 nitrogen and oxygen atoms in total. The number of nitrogen functional groups attached to an aromatic ring is 1. The Morgan fingerprint density at radius 2 is 2.06 bits per heavy atom. The minimum absolute atomic E-state index is 0.118. The molecule has 1 aromatic rings. The fourth-order valence-electron chi connectivity index (χ4n) is 1.08. The van der Waals surface area contributed by atoms with E-state index in [1.807, 2.05) is 6.92 Å². The molecule has 88 valence electrons. The molecule has 0 spiro atoms. The van der Waals surface area contributed by atoms with Crippen LogP contribution in [0.15, 0.2) is 0 Å². The molecule has 0 aliphatic carbocycles. The van der Waals surface area contributed by atoms with Gasteiger partial charge in [0.25, 0.3) is 0 Å². The number of carbonyl (C=O) groups excluding carboxylic acids is 1. The van der Waals surface area contributed by atoms with E-state index in [9.17, 15) is 4.79 Å². The summed E-state index contributed by atoms with van der Waals surface area (Å²) in [4.78, 5) is 23.4. The molecule has 0 aliphatic heterocycles. The van der Waals surface area contributed by atoms with E-state index in [1.165, 1.54) is 0 Å². The summed E-state index contributed by atoms with van der Waals surface area (Å²) in [6.45, 7) is 5.62. The van der Waals surface area contributed by atoms with Crippen molar-refractivity contribution in [2.75, 3.05) is 11.1 Å². The minimum Gasteiger partial charge on any atom is -0.368 e. The second-order valence-corrected chi connectivity index (χ2v) is 3.83. The number of nitrogens with zero attached hydrogens (tertiary/aromatic N) is 3. The number of hydrogen-bond acceptors (Lipinski definition) is 5. The Kier molecular flexibility index (Phi) is 4.16. The maximum absolute atomic E-state index is 11.4. The van der Waals surface area contributed by atoms with Gasteiger partial charge in [-0.15, -0.1) is 0 Å². The molecule has 0 fully saturated rings. The molecule has 0 bridgehead atoms. The molecule has 1 rings (SSSR count). The van der Waals surface area contributed by atoms with Crippen molar-refractivity contribution in [2.24, 2.45) is 5.92 Å². The second-order valence-electron chi connectivity index (χ2n) is 3.83. The zero-order valence-electron chi connectivity index (χ0n) is 9.82. The van der Waals surface area contributed by atoms with Gasteiger partial charge in [-0.05, 0) is 6.42 Å². The largest absolute Gasteiger partial charge is 0.368 e. The lowest BCUT2D eigenvalue weighted by Crippen LogP contribution is -2.20. The highest BCUT2D eigenvalue weighted by molar-refractivity contribution is 5.90. The molecule has 0 radical (unpaired) electrons. The first-order valence-corrected chi connectivity index (χ1v) is 5.34. The Bertz CT molecular complexity index is 377. The SMILES string of the molecule is CCCc1nc(N)nc(NC(=O)C(C)C)n1. The van der Waals surface area contributed by atoms with E-state index in [-0.39, 0.29) is 23.7 Å². The number of amides is 1. The monoisotopic (exact) mass is 223 g/mol. The Morgan fingerprint density at radius 1 is 1.38 bits per heavy atom. The second kappa shape index (κ2) is 5.39. The van der Waals surface area contributed by atoms with Crippen LogP contribution in [0.5, 0.6) is 0 Å². The number of nitrogens with one attached hydrogen (secondary N) is 1. The average Bonchev–Trinajstić information content (AvgIpc) is 2.16. The lowest BCUT2D eigenvalue weighted by atomic mass is 10.2. The number of nitrogens with two attached hydrogens (primary N) is 1. The van der Waals surface area contributed by atoms with Crippen molar-refractivity contribution in [2.45, 2.75) is 33.6 Å². The summed E-state index contributed by atoms with van der Waals surface area (Å²) in [5.74, 6) is 0.724.